The summed E-state index contributed by atoms with van der Waals surface area (Å²) >= 11 is 0. The second-order valence-corrected chi connectivity index (χ2v) is 11.5. The maximum Gasteiger partial charge on any atom is 0.0346 e. The lowest BCUT2D eigenvalue weighted by Gasteiger charge is -2.49. The summed E-state index contributed by atoms with van der Waals surface area (Å²) in [7, 11) is 0. The van der Waals surface area contributed by atoms with E-state index in [1.54, 1.807) is 0 Å². The summed E-state index contributed by atoms with van der Waals surface area (Å²) in [5, 5.41) is 0. The fourth-order valence-corrected chi connectivity index (χ4v) is 5.22. The van der Waals surface area contributed by atoms with Crippen molar-refractivity contribution >= 4 is 6.08 Å². The van der Waals surface area contributed by atoms with Crippen LogP contribution in [0.5, 0.6) is 0 Å². The maximum atomic E-state index is 2.70. The molecular formula is C32H57N. The number of hydrogen-bond donors (Lipinski definition) is 0. The quantitative estimate of drug-likeness (QED) is 0.177. The first-order chi connectivity index (χ1) is 15.8. The highest BCUT2D eigenvalue weighted by Crippen LogP contribution is 2.34. The first-order valence-corrected chi connectivity index (χ1v) is 14.4. The van der Waals surface area contributed by atoms with Crippen LogP contribution in [0.1, 0.15) is 150 Å². The van der Waals surface area contributed by atoms with Crippen LogP contribution < -0.4 is 0 Å². The largest absolute Gasteiger partial charge is 0.367 e. The van der Waals surface area contributed by atoms with E-state index in [0.717, 1.165) is 0 Å². The van der Waals surface area contributed by atoms with Gasteiger partial charge < -0.3 is 4.90 Å². The van der Waals surface area contributed by atoms with Crippen molar-refractivity contribution in [2.45, 2.75) is 155 Å². The monoisotopic (exact) mass is 455 g/mol. The Morgan fingerprint density at radius 3 is 1.39 bits per heavy atom. The van der Waals surface area contributed by atoms with Crippen LogP contribution in [0.25, 0.3) is 6.08 Å². The Kier molecular flexibility index (Phi) is 15.6. The predicted octanol–water partition coefficient (Wildman–Crippen LogP) is 10.8. The molecule has 0 fully saturated rings. The van der Waals surface area contributed by atoms with Crippen LogP contribution in [0.2, 0.25) is 0 Å². The lowest BCUT2D eigenvalue weighted by molar-refractivity contribution is 0.0540. The van der Waals surface area contributed by atoms with E-state index in [0.29, 0.717) is 0 Å². The van der Waals surface area contributed by atoms with Crippen molar-refractivity contribution in [3.8, 4) is 0 Å². The minimum Gasteiger partial charge on any atom is -0.367 e. The van der Waals surface area contributed by atoms with Crippen LogP contribution in [0.15, 0.2) is 36.5 Å². The third-order valence-corrected chi connectivity index (χ3v) is 7.30. The topological polar surface area (TPSA) is 3.24 Å². The molecule has 190 valence electrons. The van der Waals surface area contributed by atoms with Gasteiger partial charge in [0.05, 0.1) is 0 Å². The zero-order chi connectivity index (χ0) is 24.4. The van der Waals surface area contributed by atoms with E-state index < -0.39 is 0 Å². The van der Waals surface area contributed by atoms with Gasteiger partial charge in [0.1, 0.15) is 0 Å². The van der Waals surface area contributed by atoms with Gasteiger partial charge in [0.15, 0.2) is 0 Å². The predicted molar refractivity (Wildman–Crippen MR) is 151 cm³/mol. The van der Waals surface area contributed by atoms with E-state index in [1.165, 1.54) is 108 Å². The standard InChI is InChI=1S/C32H57N/c1-7-9-11-13-15-17-22-27-31(3,4)33(29-26-30-24-20-19-21-25-30)32(5,6)28-23-18-16-14-12-10-8-2/h19-21,24-26,29H,7-18,22-23,27-28H2,1-6H3/b29-26+. The van der Waals surface area contributed by atoms with E-state index in [2.05, 4.69) is 89.1 Å². The molecule has 1 aromatic carbocycles. The highest BCUT2D eigenvalue weighted by atomic mass is 15.2. The van der Waals surface area contributed by atoms with Gasteiger partial charge in [-0.1, -0.05) is 134 Å². The Balaban J connectivity index is 2.71. The van der Waals surface area contributed by atoms with Gasteiger partial charge in [0.25, 0.3) is 0 Å². The molecule has 1 nitrogen and oxygen atoms in total. The van der Waals surface area contributed by atoms with E-state index >= 15 is 0 Å². The molecule has 0 radical (unpaired) electrons. The summed E-state index contributed by atoms with van der Waals surface area (Å²) < 4.78 is 0. The van der Waals surface area contributed by atoms with Crippen molar-refractivity contribution in [3.05, 3.63) is 42.1 Å². The van der Waals surface area contributed by atoms with Gasteiger partial charge in [0, 0.05) is 17.3 Å². The lowest BCUT2D eigenvalue weighted by atomic mass is 9.86. The smallest absolute Gasteiger partial charge is 0.0346 e. The molecule has 0 amide bonds. The van der Waals surface area contributed by atoms with E-state index in [9.17, 15) is 0 Å². The summed E-state index contributed by atoms with van der Waals surface area (Å²) in [6.45, 7) is 14.5. The van der Waals surface area contributed by atoms with Crippen molar-refractivity contribution in [3.63, 3.8) is 0 Å². The van der Waals surface area contributed by atoms with E-state index in [4.69, 9.17) is 0 Å². The maximum absolute atomic E-state index is 2.70. The average Bonchev–Trinajstić information content (AvgIpc) is 2.78. The highest BCUT2D eigenvalue weighted by molar-refractivity contribution is 5.48. The molecule has 0 heterocycles. The van der Waals surface area contributed by atoms with E-state index in [-0.39, 0.29) is 11.1 Å². The Morgan fingerprint density at radius 2 is 0.970 bits per heavy atom. The fraction of sp³-hybridized carbons (Fsp3) is 0.750. The molecule has 0 unspecified atom stereocenters. The molecule has 33 heavy (non-hydrogen) atoms. The number of unbranched alkanes of at least 4 members (excludes halogenated alkanes) is 12. The van der Waals surface area contributed by atoms with Crippen molar-refractivity contribution in [1.29, 1.82) is 0 Å². The highest BCUT2D eigenvalue weighted by Gasteiger charge is 2.34. The molecule has 0 aliphatic rings. The van der Waals surface area contributed by atoms with Gasteiger partial charge in [-0.15, -0.1) is 0 Å². The van der Waals surface area contributed by atoms with Crippen LogP contribution in [0.4, 0.5) is 0 Å². The van der Waals surface area contributed by atoms with Crippen LogP contribution in [0.3, 0.4) is 0 Å². The van der Waals surface area contributed by atoms with Gasteiger partial charge in [-0.3, -0.25) is 0 Å². The average molecular weight is 456 g/mol. The minimum absolute atomic E-state index is 0.166. The molecule has 0 N–H and O–H groups in total. The molecule has 0 aliphatic heterocycles. The lowest BCUT2D eigenvalue weighted by Crippen LogP contribution is -2.52. The molecule has 0 aliphatic carbocycles. The second-order valence-electron chi connectivity index (χ2n) is 11.5. The molecular weight excluding hydrogens is 398 g/mol. The van der Waals surface area contributed by atoms with Crippen LogP contribution in [0, 0.1) is 0 Å². The number of hydrogen-bond acceptors (Lipinski definition) is 1. The summed E-state index contributed by atoms with van der Waals surface area (Å²) in [6, 6.07) is 10.8. The molecule has 1 aromatic rings. The van der Waals surface area contributed by atoms with Crippen molar-refractivity contribution in [2.75, 3.05) is 0 Å². The molecule has 1 rings (SSSR count). The van der Waals surface area contributed by atoms with Gasteiger partial charge in [-0.05, 0) is 52.2 Å². The van der Waals surface area contributed by atoms with Gasteiger partial charge in [-0.2, -0.15) is 0 Å². The second kappa shape index (κ2) is 17.2. The Bertz CT molecular complexity index is 568. The van der Waals surface area contributed by atoms with Crippen LogP contribution >= 0.6 is 0 Å². The summed E-state index contributed by atoms with van der Waals surface area (Å²) in [4.78, 5) is 2.70. The summed E-state index contributed by atoms with van der Waals surface area (Å²) in [5.74, 6) is 0. The molecule has 0 atom stereocenters. The minimum atomic E-state index is 0.166. The molecule has 1 heteroatoms. The Labute approximate surface area is 208 Å². The molecule has 0 spiro atoms. The molecule has 0 saturated carbocycles. The Morgan fingerprint density at radius 1 is 0.576 bits per heavy atom. The first-order valence-electron chi connectivity index (χ1n) is 14.4. The number of rotatable bonds is 20. The van der Waals surface area contributed by atoms with Gasteiger partial charge in [0.2, 0.25) is 0 Å². The summed E-state index contributed by atoms with van der Waals surface area (Å²) in [6.07, 6.45) is 26.6. The van der Waals surface area contributed by atoms with Crippen LogP contribution in [-0.2, 0) is 0 Å². The van der Waals surface area contributed by atoms with E-state index in [1.807, 2.05) is 0 Å². The Hall–Kier alpha value is -1.24. The SMILES string of the molecule is CCCCCCCCCC(C)(C)N(/C=C/c1ccccc1)C(C)(C)CCCCCCCCC. The van der Waals surface area contributed by atoms with Crippen LogP contribution in [-0.4, -0.2) is 16.0 Å². The van der Waals surface area contributed by atoms with Gasteiger partial charge >= 0.3 is 0 Å². The molecule has 0 saturated heterocycles. The zero-order valence-corrected chi connectivity index (χ0v) is 23.3. The molecule has 0 bridgehead atoms. The molecule has 0 aromatic heterocycles. The van der Waals surface area contributed by atoms with Gasteiger partial charge in [-0.25, -0.2) is 0 Å². The fourth-order valence-electron chi connectivity index (χ4n) is 5.22. The summed E-state index contributed by atoms with van der Waals surface area (Å²) in [5.41, 5.74) is 1.62. The normalized spacial score (nSPS) is 12.5. The zero-order valence-electron chi connectivity index (χ0n) is 23.3. The third kappa shape index (κ3) is 13.3. The number of nitrogens with zero attached hydrogens (tertiary/aromatic N) is 1. The van der Waals surface area contributed by atoms with Crippen molar-refractivity contribution in [1.82, 2.24) is 4.90 Å². The van der Waals surface area contributed by atoms with Crippen molar-refractivity contribution in [2.24, 2.45) is 0 Å². The number of benzene rings is 1. The first kappa shape index (κ1) is 29.8. The van der Waals surface area contributed by atoms with Crippen molar-refractivity contribution < 1.29 is 0 Å². The third-order valence-electron chi connectivity index (χ3n) is 7.30.